The van der Waals surface area contributed by atoms with Crippen molar-refractivity contribution in [2.45, 2.75) is 20.1 Å². The van der Waals surface area contributed by atoms with Gasteiger partial charge in [0.05, 0.1) is 14.2 Å². The first-order valence-corrected chi connectivity index (χ1v) is 8.34. The molecule has 1 amide bonds. The number of pyridine rings is 1. The Morgan fingerprint density at radius 1 is 1.07 bits per heavy atom. The molecular formula is C19H19N3O6. The molecule has 0 aliphatic carbocycles. The highest BCUT2D eigenvalue weighted by Crippen LogP contribution is 2.40. The Labute approximate surface area is 161 Å². The summed E-state index contributed by atoms with van der Waals surface area (Å²) in [5.74, 6) is 0.0682. The van der Waals surface area contributed by atoms with Crippen LogP contribution >= 0.6 is 0 Å². The fraction of sp³-hybridized carbons (Fsp3) is 0.263. The van der Waals surface area contributed by atoms with Crippen LogP contribution in [0.5, 0.6) is 17.2 Å². The minimum absolute atomic E-state index is 0.147. The van der Waals surface area contributed by atoms with Crippen LogP contribution in [-0.2, 0) is 14.3 Å². The molecule has 9 nitrogen and oxygen atoms in total. The van der Waals surface area contributed by atoms with Crippen LogP contribution in [0.4, 0.5) is 0 Å². The molecule has 0 saturated carbocycles. The molecule has 3 rings (SSSR count). The highest BCUT2D eigenvalue weighted by Gasteiger charge is 2.34. The Morgan fingerprint density at radius 2 is 1.68 bits per heavy atom. The quantitative estimate of drug-likeness (QED) is 0.575. The van der Waals surface area contributed by atoms with E-state index in [1.54, 1.807) is 36.7 Å². The van der Waals surface area contributed by atoms with E-state index in [1.807, 2.05) is 0 Å². The zero-order valence-corrected chi connectivity index (χ0v) is 15.8. The van der Waals surface area contributed by atoms with Gasteiger partial charge in [0.15, 0.2) is 11.5 Å². The molecule has 1 aliphatic rings. The third-order valence-corrected chi connectivity index (χ3v) is 3.91. The van der Waals surface area contributed by atoms with Gasteiger partial charge in [0.25, 0.3) is 0 Å². The lowest BCUT2D eigenvalue weighted by Crippen LogP contribution is -2.25. The average Bonchev–Trinajstić information content (AvgIpc) is 3.14. The average molecular weight is 385 g/mol. The predicted molar refractivity (Wildman–Crippen MR) is 98.0 cm³/mol. The van der Waals surface area contributed by atoms with Gasteiger partial charge in [0.1, 0.15) is 0 Å². The van der Waals surface area contributed by atoms with Gasteiger partial charge in [-0.1, -0.05) is 0 Å². The number of aromatic nitrogens is 1. The topological polar surface area (TPSA) is 99.6 Å². The van der Waals surface area contributed by atoms with Crippen LogP contribution in [0.3, 0.4) is 0 Å². The zero-order valence-electron chi connectivity index (χ0n) is 15.8. The van der Waals surface area contributed by atoms with Gasteiger partial charge in [-0.2, -0.15) is 5.01 Å². The zero-order chi connectivity index (χ0) is 20.3. The predicted octanol–water partition coefficient (Wildman–Crippen LogP) is 2.26. The highest BCUT2D eigenvalue weighted by atomic mass is 16.6. The summed E-state index contributed by atoms with van der Waals surface area (Å²) in [4.78, 5) is 27.4. The van der Waals surface area contributed by atoms with E-state index in [0.717, 1.165) is 5.56 Å². The summed E-state index contributed by atoms with van der Waals surface area (Å²) in [6.07, 6.45) is 2.49. The highest BCUT2D eigenvalue weighted by molar-refractivity contribution is 5.97. The number of carbonyl (C=O) groups excluding carboxylic acids is 2. The number of carbonyl (C=O) groups is 2. The second-order valence-corrected chi connectivity index (χ2v) is 5.82. The summed E-state index contributed by atoms with van der Waals surface area (Å²) in [5.41, 5.74) is 1.21. The third-order valence-electron chi connectivity index (χ3n) is 3.91. The van der Waals surface area contributed by atoms with Gasteiger partial charge in [0, 0.05) is 37.4 Å². The lowest BCUT2D eigenvalue weighted by atomic mass is 10.1. The van der Waals surface area contributed by atoms with Gasteiger partial charge < -0.3 is 18.9 Å². The Kier molecular flexibility index (Phi) is 5.44. The molecule has 1 atom stereocenters. The standard InChI is InChI=1S/C19H19N3O6/c1-11(23)22-19(13-5-7-20-8-6-13)28-18(21-22)14-9-15(25-3)17(27-12(2)24)16(10-14)26-4/h5-10,19H,1-4H3/t19-/m1/s1. The lowest BCUT2D eigenvalue weighted by molar-refractivity contribution is -0.135. The van der Waals surface area contributed by atoms with Crippen molar-refractivity contribution in [2.75, 3.05) is 14.2 Å². The molecule has 2 heterocycles. The van der Waals surface area contributed by atoms with E-state index in [9.17, 15) is 9.59 Å². The molecule has 0 N–H and O–H groups in total. The minimum atomic E-state index is -0.722. The van der Waals surface area contributed by atoms with Crippen molar-refractivity contribution in [3.63, 3.8) is 0 Å². The number of hydrogen-bond acceptors (Lipinski definition) is 8. The Morgan fingerprint density at radius 3 is 2.18 bits per heavy atom. The second kappa shape index (κ2) is 7.95. The number of nitrogens with zero attached hydrogens (tertiary/aromatic N) is 3. The van der Waals surface area contributed by atoms with Crippen molar-refractivity contribution in [2.24, 2.45) is 5.10 Å². The van der Waals surface area contributed by atoms with Gasteiger partial charge in [-0.3, -0.25) is 14.6 Å². The summed E-state index contributed by atoms with van der Waals surface area (Å²) >= 11 is 0. The van der Waals surface area contributed by atoms with E-state index < -0.39 is 12.2 Å². The van der Waals surface area contributed by atoms with Crippen molar-refractivity contribution in [3.05, 3.63) is 47.8 Å². The monoisotopic (exact) mass is 385 g/mol. The van der Waals surface area contributed by atoms with Gasteiger partial charge in [-0.15, -0.1) is 5.10 Å². The van der Waals surface area contributed by atoms with Crippen molar-refractivity contribution < 1.29 is 28.5 Å². The summed E-state index contributed by atoms with van der Waals surface area (Å²) in [6.45, 7) is 2.68. The van der Waals surface area contributed by atoms with E-state index in [2.05, 4.69) is 10.1 Å². The molecule has 2 aromatic rings. The summed E-state index contributed by atoms with van der Waals surface area (Å²) in [5, 5.41) is 5.54. The molecule has 1 aromatic heterocycles. The van der Waals surface area contributed by atoms with Crippen LogP contribution in [0, 0.1) is 0 Å². The van der Waals surface area contributed by atoms with Crippen LogP contribution in [0.2, 0.25) is 0 Å². The van der Waals surface area contributed by atoms with E-state index in [-0.39, 0.29) is 29.1 Å². The van der Waals surface area contributed by atoms with E-state index >= 15 is 0 Å². The normalized spacial score (nSPS) is 15.5. The minimum Gasteiger partial charge on any atom is -0.493 e. The van der Waals surface area contributed by atoms with Gasteiger partial charge in [-0.05, 0) is 24.3 Å². The molecule has 0 spiro atoms. The number of hydrogen-bond donors (Lipinski definition) is 0. The summed E-state index contributed by atoms with van der Waals surface area (Å²) in [7, 11) is 2.87. The molecule has 1 aliphatic heterocycles. The molecule has 0 fully saturated rings. The number of methoxy groups -OCH3 is 2. The van der Waals surface area contributed by atoms with Crippen molar-refractivity contribution >= 4 is 17.8 Å². The second-order valence-electron chi connectivity index (χ2n) is 5.82. The summed E-state index contributed by atoms with van der Waals surface area (Å²) < 4.78 is 21.8. The maximum Gasteiger partial charge on any atom is 0.308 e. The van der Waals surface area contributed by atoms with Crippen molar-refractivity contribution in [1.29, 1.82) is 0 Å². The largest absolute Gasteiger partial charge is 0.493 e. The molecule has 1 aromatic carbocycles. The number of ether oxygens (including phenoxy) is 4. The summed E-state index contributed by atoms with van der Waals surface area (Å²) in [6, 6.07) is 6.66. The van der Waals surface area contributed by atoms with Crippen LogP contribution in [0.25, 0.3) is 0 Å². The van der Waals surface area contributed by atoms with E-state index in [1.165, 1.54) is 33.1 Å². The number of amides is 1. The lowest BCUT2D eigenvalue weighted by Gasteiger charge is -2.19. The van der Waals surface area contributed by atoms with Crippen LogP contribution in [-0.4, -0.2) is 42.0 Å². The van der Waals surface area contributed by atoms with Crippen LogP contribution in [0.15, 0.2) is 41.8 Å². The molecule has 9 heteroatoms. The smallest absolute Gasteiger partial charge is 0.308 e. The Bertz CT molecular complexity index is 904. The maximum absolute atomic E-state index is 12.0. The number of esters is 1. The fourth-order valence-corrected chi connectivity index (χ4v) is 2.68. The van der Waals surface area contributed by atoms with Crippen LogP contribution in [0.1, 0.15) is 31.2 Å². The first-order chi connectivity index (χ1) is 13.4. The molecule has 0 bridgehead atoms. The Balaban J connectivity index is 2.02. The number of rotatable bonds is 5. The van der Waals surface area contributed by atoms with Crippen molar-refractivity contribution in [1.82, 2.24) is 9.99 Å². The van der Waals surface area contributed by atoms with E-state index in [0.29, 0.717) is 5.56 Å². The van der Waals surface area contributed by atoms with Crippen molar-refractivity contribution in [3.8, 4) is 17.2 Å². The van der Waals surface area contributed by atoms with Gasteiger partial charge >= 0.3 is 5.97 Å². The SMILES string of the molecule is COc1cc(C2=NN(C(C)=O)[C@@H](c3ccncc3)O2)cc(OC)c1OC(C)=O. The first-order valence-electron chi connectivity index (χ1n) is 8.34. The maximum atomic E-state index is 12.0. The fourth-order valence-electron chi connectivity index (χ4n) is 2.68. The number of benzene rings is 1. The molecule has 28 heavy (non-hydrogen) atoms. The number of hydrazone groups is 1. The van der Waals surface area contributed by atoms with Gasteiger partial charge in [-0.25, -0.2) is 0 Å². The Hall–Kier alpha value is -3.62. The first kappa shape index (κ1) is 19.2. The molecule has 0 radical (unpaired) electrons. The molecule has 0 unspecified atom stereocenters. The molecular weight excluding hydrogens is 366 g/mol. The van der Waals surface area contributed by atoms with Crippen LogP contribution < -0.4 is 14.2 Å². The third kappa shape index (κ3) is 3.73. The molecule has 0 saturated heterocycles. The van der Waals surface area contributed by atoms with E-state index in [4.69, 9.17) is 18.9 Å². The van der Waals surface area contributed by atoms with Gasteiger partial charge in [0.2, 0.25) is 23.8 Å². The molecule has 146 valence electrons.